The molecule has 0 spiro atoms. The number of benzene rings is 1. The van der Waals surface area contributed by atoms with Crippen LogP contribution in [0, 0.1) is 0 Å². The second-order valence-corrected chi connectivity index (χ2v) is 8.83. The van der Waals surface area contributed by atoms with Gasteiger partial charge in [-0.15, -0.1) is 11.3 Å². The topological polar surface area (TPSA) is 29.1 Å². The molecule has 186 valence electrons. The minimum atomic E-state index is 0.0953. The molecule has 0 unspecified atom stereocenters. The number of hydrogen-bond donors (Lipinski definition) is 0. The molecule has 0 saturated heterocycles. The number of fused-ring (bicyclic) bond motifs is 1. The Morgan fingerprint density at radius 1 is 0.941 bits per heavy atom. The lowest BCUT2D eigenvalue weighted by atomic mass is 10.2. The van der Waals surface area contributed by atoms with Gasteiger partial charge in [-0.1, -0.05) is 72.4 Å². The summed E-state index contributed by atoms with van der Waals surface area (Å²) in [7, 11) is 2.04. The lowest BCUT2D eigenvalue weighted by Gasteiger charge is -2.11. The van der Waals surface area contributed by atoms with E-state index in [1.807, 2.05) is 72.2 Å². The van der Waals surface area contributed by atoms with Crippen molar-refractivity contribution in [1.82, 2.24) is 4.57 Å². The zero-order chi connectivity index (χ0) is 25.7. The highest BCUT2D eigenvalue weighted by molar-refractivity contribution is 8.08. The van der Waals surface area contributed by atoms with Gasteiger partial charge in [-0.05, 0) is 30.7 Å². The van der Waals surface area contributed by atoms with Crippen molar-refractivity contribution in [3.05, 3.63) is 73.9 Å². The van der Waals surface area contributed by atoms with E-state index in [4.69, 9.17) is 0 Å². The summed E-state index contributed by atoms with van der Waals surface area (Å²) in [6.07, 6.45) is 7.43. The average molecular weight is 501 g/mol. The molecule has 4 rings (SSSR count). The van der Waals surface area contributed by atoms with Crippen molar-refractivity contribution in [2.24, 2.45) is 0 Å². The molecule has 2 aromatic heterocycles. The number of pyridine rings is 1. The standard InChI is InChI=1S/C22H24N3OS2.3C2H6/c1-4-12-24-13-10-16(11-14-24)15-19-25(5-2)21(26)20(28-19)22-23(3)17-8-6-7-9-18(17)27-22;3*1-2/h6-11,13-15H,4-5,12H2,1-3H3;3*1-2H3/q+1;;;/b22-20+;;;. The molecule has 1 aliphatic rings. The molecular weight excluding hydrogens is 458 g/mol. The second-order valence-electron chi connectivity index (χ2n) is 6.77. The van der Waals surface area contributed by atoms with E-state index in [0.29, 0.717) is 6.54 Å². The maximum Gasteiger partial charge on any atom is 0.271 e. The number of thioether (sulfide) groups is 1. The van der Waals surface area contributed by atoms with Crippen LogP contribution in [0.15, 0.2) is 58.5 Å². The fraction of sp³-hybridized carbons (Fsp3) is 0.429. The van der Waals surface area contributed by atoms with Gasteiger partial charge in [0.25, 0.3) is 5.56 Å². The van der Waals surface area contributed by atoms with Crippen LogP contribution in [0.1, 0.15) is 67.4 Å². The molecule has 3 aromatic rings. The van der Waals surface area contributed by atoms with Crippen molar-refractivity contribution in [2.75, 3.05) is 11.9 Å². The Hall–Kier alpha value is -2.31. The monoisotopic (exact) mass is 500 g/mol. The van der Waals surface area contributed by atoms with Gasteiger partial charge in [0.2, 0.25) is 0 Å². The molecule has 0 radical (unpaired) electrons. The van der Waals surface area contributed by atoms with Crippen molar-refractivity contribution in [1.29, 1.82) is 0 Å². The average Bonchev–Trinajstić information content (AvgIpc) is 3.40. The molecular formula is C28H42N3OS2+. The number of thiazole rings is 1. The van der Waals surface area contributed by atoms with Gasteiger partial charge in [0.1, 0.15) is 16.1 Å². The smallest absolute Gasteiger partial charge is 0.271 e. The van der Waals surface area contributed by atoms with Crippen LogP contribution in [-0.2, 0) is 13.1 Å². The van der Waals surface area contributed by atoms with Crippen LogP contribution in [0.25, 0.3) is 11.1 Å². The van der Waals surface area contributed by atoms with Gasteiger partial charge in [0.15, 0.2) is 12.4 Å². The Kier molecular flexibility index (Phi) is 13.6. The lowest BCUT2D eigenvalue weighted by molar-refractivity contribution is -0.697. The Morgan fingerprint density at radius 3 is 2.12 bits per heavy atom. The van der Waals surface area contributed by atoms with Crippen molar-refractivity contribution in [2.45, 2.75) is 79.8 Å². The quantitative estimate of drug-likeness (QED) is 0.421. The van der Waals surface area contributed by atoms with E-state index >= 15 is 0 Å². The van der Waals surface area contributed by atoms with E-state index in [-0.39, 0.29) is 5.56 Å². The first-order chi connectivity index (χ1) is 16.6. The summed E-state index contributed by atoms with van der Waals surface area (Å²) < 4.78 is 5.86. The van der Waals surface area contributed by atoms with Crippen LogP contribution in [0.3, 0.4) is 0 Å². The highest BCUT2D eigenvalue weighted by Crippen LogP contribution is 2.44. The first-order valence-electron chi connectivity index (χ1n) is 12.6. The molecule has 0 bridgehead atoms. The SMILES string of the molecule is CC.CC.CC.CCC[n+]1ccc(/C=c2\s/c(=C3/Sc4ccccc4N3C)c(=O)n2CC)cc1. The van der Waals surface area contributed by atoms with E-state index in [1.165, 1.54) is 4.90 Å². The molecule has 0 atom stereocenters. The third-order valence-electron chi connectivity index (χ3n) is 4.85. The summed E-state index contributed by atoms with van der Waals surface area (Å²) in [6.45, 7) is 17.9. The molecule has 1 aromatic carbocycles. The fourth-order valence-electron chi connectivity index (χ4n) is 3.38. The number of hydrogen-bond acceptors (Lipinski definition) is 4. The van der Waals surface area contributed by atoms with E-state index in [1.54, 1.807) is 23.1 Å². The molecule has 6 heteroatoms. The maximum atomic E-state index is 13.1. The number of nitrogens with zero attached hydrogens (tertiary/aromatic N) is 3. The van der Waals surface area contributed by atoms with E-state index in [2.05, 4.69) is 59.1 Å². The third kappa shape index (κ3) is 6.86. The first-order valence-corrected chi connectivity index (χ1v) is 14.2. The van der Waals surface area contributed by atoms with E-state index < -0.39 is 0 Å². The van der Waals surface area contributed by atoms with Crippen LogP contribution in [-0.4, -0.2) is 11.6 Å². The number of aryl methyl sites for hydroxylation is 1. The summed E-state index contributed by atoms with van der Waals surface area (Å²) in [5, 5.41) is 1.02. The molecule has 0 aliphatic carbocycles. The molecule has 0 N–H and O–H groups in total. The number of rotatable bonds is 4. The van der Waals surface area contributed by atoms with Crippen LogP contribution < -0.4 is 24.2 Å². The molecule has 4 nitrogen and oxygen atoms in total. The molecule has 3 heterocycles. The normalized spacial score (nSPS) is 13.7. The van der Waals surface area contributed by atoms with Crippen LogP contribution in [0.4, 0.5) is 5.69 Å². The Morgan fingerprint density at radius 2 is 1.56 bits per heavy atom. The summed E-state index contributed by atoms with van der Waals surface area (Å²) >= 11 is 3.26. The van der Waals surface area contributed by atoms with Gasteiger partial charge < -0.3 is 4.90 Å². The number of aromatic nitrogens is 2. The molecule has 1 aliphatic heterocycles. The van der Waals surface area contributed by atoms with Gasteiger partial charge in [-0.25, -0.2) is 4.57 Å². The van der Waals surface area contributed by atoms with Gasteiger partial charge in [-0.2, -0.15) is 0 Å². The summed E-state index contributed by atoms with van der Waals surface area (Å²) in [5.74, 6) is 0. The lowest BCUT2D eigenvalue weighted by Crippen LogP contribution is -2.33. The molecule has 0 amide bonds. The molecule has 0 saturated carbocycles. The van der Waals surface area contributed by atoms with Gasteiger partial charge in [-0.3, -0.25) is 9.36 Å². The van der Waals surface area contributed by atoms with Crippen molar-refractivity contribution in [3.8, 4) is 0 Å². The van der Waals surface area contributed by atoms with Crippen molar-refractivity contribution >= 4 is 39.9 Å². The summed E-state index contributed by atoms with van der Waals surface area (Å²) in [6, 6.07) is 12.5. The highest BCUT2D eigenvalue weighted by atomic mass is 32.2. The van der Waals surface area contributed by atoms with Crippen molar-refractivity contribution in [3.63, 3.8) is 0 Å². The minimum absolute atomic E-state index is 0.0953. The minimum Gasteiger partial charge on any atom is -0.337 e. The summed E-state index contributed by atoms with van der Waals surface area (Å²) in [4.78, 5) is 16.5. The van der Waals surface area contributed by atoms with Gasteiger partial charge >= 0.3 is 0 Å². The maximum absolute atomic E-state index is 13.1. The van der Waals surface area contributed by atoms with Crippen molar-refractivity contribution < 1.29 is 4.57 Å². The fourth-order valence-corrected chi connectivity index (χ4v) is 5.86. The van der Waals surface area contributed by atoms with Crippen LogP contribution in [0.5, 0.6) is 0 Å². The van der Waals surface area contributed by atoms with Gasteiger partial charge in [0, 0.05) is 37.0 Å². The Balaban J connectivity index is 0.000000894. The Bertz CT molecular complexity index is 1180. The van der Waals surface area contributed by atoms with Crippen LogP contribution in [0.2, 0.25) is 0 Å². The van der Waals surface area contributed by atoms with Crippen LogP contribution >= 0.6 is 23.1 Å². The molecule has 34 heavy (non-hydrogen) atoms. The predicted molar refractivity (Wildman–Crippen MR) is 152 cm³/mol. The second kappa shape index (κ2) is 15.6. The highest BCUT2D eigenvalue weighted by Gasteiger charge is 2.24. The number of anilines is 1. The largest absolute Gasteiger partial charge is 0.337 e. The number of para-hydroxylation sites is 1. The first kappa shape index (κ1) is 29.7. The van der Waals surface area contributed by atoms with E-state index in [9.17, 15) is 4.79 Å². The summed E-state index contributed by atoms with van der Waals surface area (Å²) in [5.41, 5.74) is 2.37. The zero-order valence-corrected chi connectivity index (χ0v) is 24.0. The Labute approximate surface area is 214 Å². The molecule has 0 fully saturated rings. The zero-order valence-electron chi connectivity index (χ0n) is 22.4. The third-order valence-corrected chi connectivity index (χ3v) is 7.33. The predicted octanol–water partition coefficient (Wildman–Crippen LogP) is 5.84. The van der Waals surface area contributed by atoms with E-state index in [0.717, 1.165) is 38.4 Å². The van der Waals surface area contributed by atoms with Gasteiger partial charge in [0.05, 0.1) is 10.4 Å².